The number of thiazole rings is 1. The zero-order valence-corrected chi connectivity index (χ0v) is 34.1. The first-order chi connectivity index (χ1) is 26.8. The van der Waals surface area contributed by atoms with Gasteiger partial charge in [0.25, 0.3) is 5.01 Å². The number of thiophene rings is 3. The van der Waals surface area contributed by atoms with Crippen molar-refractivity contribution in [2.45, 2.75) is 51.0 Å². The molecule has 274 valence electrons. The highest BCUT2D eigenvalue weighted by Gasteiger charge is 2.31. The van der Waals surface area contributed by atoms with Crippen molar-refractivity contribution in [1.29, 1.82) is 0 Å². The van der Waals surface area contributed by atoms with Gasteiger partial charge in [0.15, 0.2) is 12.3 Å². The smallest absolute Gasteiger partial charge is 0.263 e. The summed E-state index contributed by atoms with van der Waals surface area (Å²) >= 11 is 7.71. The summed E-state index contributed by atoms with van der Waals surface area (Å²) in [7, 11) is 0. The van der Waals surface area contributed by atoms with E-state index in [4.69, 9.17) is 0 Å². The number of para-hydroxylation sites is 2. The second-order valence-electron chi connectivity index (χ2n) is 13.5. The number of rotatable bonds is 8. The second-order valence-corrected chi connectivity index (χ2v) is 18.9. The first-order valence-electron chi connectivity index (χ1n) is 18.3. The van der Waals surface area contributed by atoms with Crippen molar-refractivity contribution < 1.29 is 14.5 Å². The summed E-state index contributed by atoms with van der Waals surface area (Å²) in [5, 5.41) is 15.8. The van der Waals surface area contributed by atoms with Gasteiger partial charge in [-0.15, -0.1) is 34.0 Å². The van der Waals surface area contributed by atoms with E-state index in [0.717, 1.165) is 87.7 Å². The summed E-state index contributed by atoms with van der Waals surface area (Å²) in [6, 6.07) is 28.1. The normalized spacial score (nSPS) is 17.2. The number of fused-ring (bicyclic) bond motifs is 2. The van der Waals surface area contributed by atoms with Gasteiger partial charge in [-0.25, -0.2) is 0 Å². The highest BCUT2D eigenvalue weighted by Crippen LogP contribution is 2.47. The Balaban J connectivity index is 1.06. The predicted molar refractivity (Wildman–Crippen MR) is 225 cm³/mol. The third-order valence-corrected chi connectivity index (χ3v) is 15.9. The molecule has 0 unspecified atom stereocenters. The Morgan fingerprint density at radius 2 is 1.31 bits per heavy atom. The maximum atomic E-state index is 13.4. The molecule has 0 N–H and O–H groups in total. The van der Waals surface area contributed by atoms with Gasteiger partial charge in [0.05, 0.1) is 21.2 Å². The lowest BCUT2D eigenvalue weighted by atomic mass is 9.88. The molecule has 0 bridgehead atoms. The summed E-state index contributed by atoms with van der Waals surface area (Å²) in [4.78, 5) is 43.6. The van der Waals surface area contributed by atoms with Gasteiger partial charge in [-0.3, -0.25) is 14.4 Å². The topological polar surface area (TPSA) is 81.4 Å². The van der Waals surface area contributed by atoms with E-state index in [1.54, 1.807) is 46.6 Å². The predicted octanol–water partition coefficient (Wildman–Crippen LogP) is 7.06. The van der Waals surface area contributed by atoms with Crippen LogP contribution < -0.4 is 35.2 Å². The highest BCUT2D eigenvalue weighted by molar-refractivity contribution is 8.03. The molecule has 7 aromatic rings. The van der Waals surface area contributed by atoms with Crippen molar-refractivity contribution in [2.75, 3.05) is 11.4 Å². The van der Waals surface area contributed by atoms with Crippen LogP contribution in [0.1, 0.15) is 44.5 Å². The van der Waals surface area contributed by atoms with Gasteiger partial charge in [-0.05, 0) is 67.1 Å². The van der Waals surface area contributed by atoms with Crippen molar-refractivity contribution in [1.82, 2.24) is 0 Å². The summed E-state index contributed by atoms with van der Waals surface area (Å²) in [6.07, 6.45) is 7.69. The Labute approximate surface area is 335 Å². The van der Waals surface area contributed by atoms with Crippen LogP contribution in [-0.4, -0.2) is 12.3 Å². The van der Waals surface area contributed by atoms with Crippen molar-refractivity contribution in [3.8, 4) is 0 Å². The molecule has 0 radical (unpaired) electrons. The molecular formula is C44H34N2O4S5. The molecule has 2 aliphatic rings. The third-order valence-electron chi connectivity index (χ3n) is 9.96. The average molecular weight is 815 g/mol. The SMILES string of the molecule is CCCCN1C(=CC2=C([O-])C(=c3ccc(=c4ccc(=c5ccc(=c6c(=O)c(=Cc7sc8ccccc8[n+]7CCCC)c6=O)s5)s4)s3)C2=O)Sc2ccccc21. The van der Waals surface area contributed by atoms with Crippen LogP contribution in [0.2, 0.25) is 0 Å². The standard InChI is InChI=1S/C44H34N2O4S5/c1-3-5-21-45-27-11-7-9-13-29(27)54-37(45)23-25-41(47)39(42(25)48)35-19-17-33(52-35)31-15-16-32(51-31)34-18-20-36(53-34)40-43(49)26(44(40)50)24-38-46(22-6-4-2)28-12-8-10-14-30(28)55-38/h7-20,23-24H,3-6,21-22H2,1-2H3. The maximum Gasteiger partial charge on any atom is 0.263 e. The van der Waals surface area contributed by atoms with Crippen molar-refractivity contribution in [3.63, 3.8) is 0 Å². The average Bonchev–Trinajstić information content (AvgIpc) is 4.05. The Morgan fingerprint density at radius 1 is 0.691 bits per heavy atom. The molecule has 4 aromatic heterocycles. The van der Waals surface area contributed by atoms with Crippen LogP contribution in [0.4, 0.5) is 5.69 Å². The number of carbonyl (C=O) groups excluding carboxylic acids is 1. The minimum absolute atomic E-state index is 0.203. The molecule has 0 atom stereocenters. The minimum atomic E-state index is -0.203. The lowest BCUT2D eigenvalue weighted by Gasteiger charge is -2.29. The summed E-state index contributed by atoms with van der Waals surface area (Å²) in [6.45, 7) is 5.99. The lowest BCUT2D eigenvalue weighted by Crippen LogP contribution is -2.50. The number of aryl methyl sites for hydroxylation is 1. The molecule has 11 heteroatoms. The van der Waals surface area contributed by atoms with E-state index in [1.807, 2.05) is 60.7 Å². The number of thioether (sulfide) groups is 1. The van der Waals surface area contributed by atoms with E-state index in [2.05, 4.69) is 47.6 Å². The molecule has 0 amide bonds. The molecule has 0 spiro atoms. The molecule has 1 aliphatic heterocycles. The number of benzene rings is 2. The monoisotopic (exact) mass is 814 g/mol. The molecule has 3 aromatic carbocycles. The maximum absolute atomic E-state index is 13.4. The number of aromatic nitrogens is 1. The van der Waals surface area contributed by atoms with Crippen LogP contribution in [0, 0.1) is 27.9 Å². The Morgan fingerprint density at radius 3 is 2.02 bits per heavy atom. The molecule has 5 heterocycles. The fourth-order valence-corrected chi connectivity index (χ4v) is 12.5. The fraction of sp³-hybridized carbons (Fsp3) is 0.182. The van der Waals surface area contributed by atoms with Crippen molar-refractivity contribution in [2.24, 2.45) is 0 Å². The van der Waals surface area contributed by atoms with Gasteiger partial charge < -0.3 is 10.0 Å². The van der Waals surface area contributed by atoms with Crippen LogP contribution in [0.25, 0.3) is 21.9 Å². The Bertz CT molecular complexity index is 3230. The summed E-state index contributed by atoms with van der Waals surface area (Å²) in [5.74, 6) is -0.406. The molecule has 1 aliphatic carbocycles. The molecular weight excluding hydrogens is 781 g/mol. The van der Waals surface area contributed by atoms with Crippen LogP contribution in [-0.2, 0) is 11.3 Å². The van der Waals surface area contributed by atoms with Gasteiger partial charge in [0, 0.05) is 68.3 Å². The third kappa shape index (κ3) is 6.32. The number of unbranched alkanes of at least 4 members (excludes halogenated alkanes) is 2. The quantitative estimate of drug-likeness (QED) is 0.153. The van der Waals surface area contributed by atoms with E-state index in [1.165, 1.54) is 22.7 Å². The van der Waals surface area contributed by atoms with Gasteiger partial charge in [-0.2, -0.15) is 4.57 Å². The van der Waals surface area contributed by atoms with E-state index >= 15 is 0 Å². The number of hydrogen-bond acceptors (Lipinski definition) is 10. The first kappa shape index (κ1) is 36.0. The van der Waals surface area contributed by atoms with Crippen LogP contribution in [0.5, 0.6) is 0 Å². The Kier molecular flexibility index (Phi) is 9.68. The van der Waals surface area contributed by atoms with Gasteiger partial charge in [0.2, 0.25) is 16.4 Å². The molecule has 55 heavy (non-hydrogen) atoms. The molecule has 0 saturated heterocycles. The van der Waals surface area contributed by atoms with Crippen molar-refractivity contribution >= 4 is 90.4 Å². The van der Waals surface area contributed by atoms with Gasteiger partial charge in [0.1, 0.15) is 4.70 Å². The first-order valence-corrected chi connectivity index (χ1v) is 22.4. The summed E-state index contributed by atoms with van der Waals surface area (Å²) < 4.78 is 8.70. The number of nitrogens with zero attached hydrogens (tertiary/aromatic N) is 2. The van der Waals surface area contributed by atoms with E-state index in [9.17, 15) is 19.5 Å². The minimum Gasteiger partial charge on any atom is -0.871 e. The van der Waals surface area contributed by atoms with Gasteiger partial charge in [-0.1, -0.05) is 79.8 Å². The Hall–Kier alpha value is -4.65. The highest BCUT2D eigenvalue weighted by atomic mass is 32.2. The number of hydrogen-bond donors (Lipinski definition) is 0. The molecule has 0 fully saturated rings. The lowest BCUT2D eigenvalue weighted by molar-refractivity contribution is -0.669. The zero-order chi connectivity index (χ0) is 37.8. The molecule has 6 nitrogen and oxygen atoms in total. The van der Waals surface area contributed by atoms with Crippen LogP contribution >= 0.6 is 57.1 Å². The number of Topliss-reactive ketones (excluding diaryl/α,β-unsaturated/α-hetero) is 1. The number of allylic oxidation sites excluding steroid dienone is 3. The number of carbonyl (C=O) groups is 1. The second kappa shape index (κ2) is 14.8. The summed E-state index contributed by atoms with van der Waals surface area (Å²) in [5.41, 5.74) is 2.34. The van der Waals surface area contributed by atoms with Gasteiger partial charge >= 0.3 is 0 Å². The van der Waals surface area contributed by atoms with E-state index in [0.29, 0.717) is 9.06 Å². The molecule has 9 rings (SSSR count). The largest absolute Gasteiger partial charge is 0.871 e. The van der Waals surface area contributed by atoms with Crippen LogP contribution in [0.15, 0.2) is 122 Å². The van der Waals surface area contributed by atoms with Crippen molar-refractivity contribution in [3.05, 3.63) is 170 Å². The molecule has 0 saturated carbocycles. The fourth-order valence-electron chi connectivity index (χ4n) is 7.01. The van der Waals surface area contributed by atoms with E-state index in [-0.39, 0.29) is 44.0 Å². The zero-order valence-electron chi connectivity index (χ0n) is 30.0. The van der Waals surface area contributed by atoms with Crippen LogP contribution in [0.3, 0.4) is 0 Å². The number of anilines is 1. The van der Waals surface area contributed by atoms with E-state index < -0.39 is 0 Å². The number of ketones is 1.